The van der Waals surface area contributed by atoms with Crippen LogP contribution < -0.4 is 0 Å². The lowest BCUT2D eigenvalue weighted by molar-refractivity contribution is 1.23. The first-order valence-electron chi connectivity index (χ1n) is 3.23. The molecule has 1 heterocycles. The minimum absolute atomic E-state index is 0.799. The third kappa shape index (κ3) is 1.38. The molecule has 0 aromatic heterocycles. The highest BCUT2D eigenvalue weighted by Crippen LogP contribution is 2.46. The maximum Gasteiger partial charge on any atom is 0.0388 e. The lowest BCUT2D eigenvalue weighted by atomic mass is 10.2. The van der Waals surface area contributed by atoms with E-state index in [-0.39, 0.29) is 0 Å². The zero-order valence-corrected chi connectivity index (χ0v) is 7.78. The van der Waals surface area contributed by atoms with Gasteiger partial charge in [-0.1, -0.05) is 28.1 Å². The van der Waals surface area contributed by atoms with Crippen LogP contribution in [0.15, 0.2) is 28.7 Å². The van der Waals surface area contributed by atoms with E-state index in [0.29, 0.717) is 0 Å². The summed E-state index contributed by atoms with van der Waals surface area (Å²) in [4.78, 5) is 0. The van der Waals surface area contributed by atoms with E-state index < -0.39 is 0 Å². The summed E-state index contributed by atoms with van der Waals surface area (Å²) in [5.74, 6) is 1.31. The van der Waals surface area contributed by atoms with E-state index in [1.54, 1.807) is 0 Å². The van der Waals surface area contributed by atoms with Crippen molar-refractivity contribution in [3.05, 3.63) is 34.3 Å². The van der Waals surface area contributed by atoms with E-state index in [0.717, 1.165) is 5.25 Å². The van der Waals surface area contributed by atoms with Crippen LogP contribution in [0.5, 0.6) is 0 Å². The standard InChI is InChI=1S/C8H7BrS/c9-7-3-1-6(2-4-7)8-5-10-8/h1-4,8H,5H2. The van der Waals surface area contributed by atoms with E-state index in [9.17, 15) is 0 Å². The van der Waals surface area contributed by atoms with Crippen molar-refractivity contribution >= 4 is 27.7 Å². The Kier molecular flexibility index (Phi) is 1.75. The topological polar surface area (TPSA) is 0 Å². The third-order valence-corrected chi connectivity index (χ3v) is 3.04. The monoisotopic (exact) mass is 214 g/mol. The smallest absolute Gasteiger partial charge is 0.0388 e. The van der Waals surface area contributed by atoms with Crippen molar-refractivity contribution in [2.75, 3.05) is 5.75 Å². The second kappa shape index (κ2) is 2.59. The van der Waals surface area contributed by atoms with Gasteiger partial charge in [0.15, 0.2) is 0 Å². The second-order valence-corrected chi connectivity index (χ2v) is 4.52. The lowest BCUT2D eigenvalue weighted by Gasteiger charge is -1.94. The molecule has 0 radical (unpaired) electrons. The van der Waals surface area contributed by atoms with Gasteiger partial charge in [-0.3, -0.25) is 0 Å². The minimum Gasteiger partial charge on any atom is -0.151 e. The lowest BCUT2D eigenvalue weighted by Crippen LogP contribution is -1.76. The van der Waals surface area contributed by atoms with Crippen molar-refractivity contribution in [1.29, 1.82) is 0 Å². The van der Waals surface area contributed by atoms with E-state index in [1.807, 2.05) is 11.8 Å². The van der Waals surface area contributed by atoms with Crippen molar-refractivity contribution in [1.82, 2.24) is 0 Å². The number of hydrogen-bond donors (Lipinski definition) is 0. The van der Waals surface area contributed by atoms with E-state index in [2.05, 4.69) is 40.2 Å². The zero-order chi connectivity index (χ0) is 6.97. The zero-order valence-electron chi connectivity index (χ0n) is 5.38. The van der Waals surface area contributed by atoms with Crippen molar-refractivity contribution in [3.8, 4) is 0 Å². The fraction of sp³-hybridized carbons (Fsp3) is 0.250. The quantitative estimate of drug-likeness (QED) is 0.648. The molecule has 1 atom stereocenters. The van der Waals surface area contributed by atoms with Crippen molar-refractivity contribution in [2.45, 2.75) is 5.25 Å². The van der Waals surface area contributed by atoms with Gasteiger partial charge in [0.05, 0.1) is 0 Å². The first kappa shape index (κ1) is 6.74. The Labute approximate surface area is 73.1 Å². The van der Waals surface area contributed by atoms with E-state index in [4.69, 9.17) is 0 Å². The minimum atomic E-state index is 0.799. The molecule has 52 valence electrons. The van der Waals surface area contributed by atoms with Crippen LogP contribution in [0.4, 0.5) is 0 Å². The number of rotatable bonds is 1. The molecule has 1 aliphatic heterocycles. The number of halogens is 1. The van der Waals surface area contributed by atoms with Gasteiger partial charge in [-0.05, 0) is 17.7 Å². The van der Waals surface area contributed by atoms with Gasteiger partial charge < -0.3 is 0 Å². The Morgan fingerprint density at radius 3 is 2.40 bits per heavy atom. The summed E-state index contributed by atoms with van der Waals surface area (Å²) >= 11 is 5.42. The molecule has 10 heavy (non-hydrogen) atoms. The third-order valence-electron chi connectivity index (χ3n) is 1.58. The number of thioether (sulfide) groups is 1. The van der Waals surface area contributed by atoms with Crippen LogP contribution in [0.1, 0.15) is 10.8 Å². The molecular formula is C8H7BrS. The summed E-state index contributed by atoms with van der Waals surface area (Å²) in [6.07, 6.45) is 0. The Balaban J connectivity index is 2.28. The van der Waals surface area contributed by atoms with Crippen LogP contribution in [0.2, 0.25) is 0 Å². The molecule has 1 aromatic carbocycles. The summed E-state index contributed by atoms with van der Waals surface area (Å²) in [6.45, 7) is 0. The number of benzene rings is 1. The SMILES string of the molecule is Brc1ccc(C2CS2)cc1. The Hall–Kier alpha value is 0.0500. The van der Waals surface area contributed by atoms with Gasteiger partial charge in [0, 0.05) is 15.5 Å². The molecule has 2 rings (SSSR count). The molecule has 1 aromatic rings. The molecule has 0 nitrogen and oxygen atoms in total. The molecule has 0 aliphatic carbocycles. The largest absolute Gasteiger partial charge is 0.151 e. The predicted octanol–water partition coefficient (Wildman–Crippen LogP) is 3.24. The maximum atomic E-state index is 3.41. The molecule has 1 aliphatic rings. The molecule has 1 unspecified atom stereocenters. The molecule has 0 spiro atoms. The molecule has 0 bridgehead atoms. The summed E-state index contributed by atoms with van der Waals surface area (Å²) < 4.78 is 1.17. The molecule has 0 amide bonds. The van der Waals surface area contributed by atoms with Gasteiger partial charge in [0.25, 0.3) is 0 Å². The van der Waals surface area contributed by atoms with Crippen LogP contribution in [0.25, 0.3) is 0 Å². The Morgan fingerprint density at radius 1 is 1.30 bits per heavy atom. The Bertz CT molecular complexity index is 226. The normalized spacial score (nSPS) is 22.7. The Morgan fingerprint density at radius 2 is 1.90 bits per heavy atom. The van der Waals surface area contributed by atoms with Gasteiger partial charge in [0.1, 0.15) is 0 Å². The first-order chi connectivity index (χ1) is 4.86. The highest BCUT2D eigenvalue weighted by Gasteiger charge is 2.23. The summed E-state index contributed by atoms with van der Waals surface area (Å²) in [5.41, 5.74) is 1.47. The predicted molar refractivity (Wildman–Crippen MR) is 49.3 cm³/mol. The van der Waals surface area contributed by atoms with Crippen LogP contribution in [-0.4, -0.2) is 5.75 Å². The molecular weight excluding hydrogens is 208 g/mol. The van der Waals surface area contributed by atoms with Gasteiger partial charge in [0.2, 0.25) is 0 Å². The van der Waals surface area contributed by atoms with Gasteiger partial charge >= 0.3 is 0 Å². The van der Waals surface area contributed by atoms with Crippen molar-refractivity contribution in [2.24, 2.45) is 0 Å². The van der Waals surface area contributed by atoms with E-state index in [1.165, 1.54) is 15.8 Å². The number of hydrogen-bond acceptors (Lipinski definition) is 1. The van der Waals surface area contributed by atoms with Crippen molar-refractivity contribution < 1.29 is 0 Å². The first-order valence-corrected chi connectivity index (χ1v) is 5.07. The van der Waals surface area contributed by atoms with Crippen LogP contribution >= 0.6 is 27.7 Å². The van der Waals surface area contributed by atoms with Crippen LogP contribution in [0.3, 0.4) is 0 Å². The van der Waals surface area contributed by atoms with Gasteiger partial charge in [-0.25, -0.2) is 0 Å². The molecule has 2 heteroatoms. The highest BCUT2D eigenvalue weighted by atomic mass is 79.9. The second-order valence-electron chi connectivity index (χ2n) is 2.37. The summed E-state index contributed by atoms with van der Waals surface area (Å²) in [6, 6.07) is 8.59. The molecule has 0 saturated carbocycles. The molecule has 1 fully saturated rings. The summed E-state index contributed by atoms with van der Waals surface area (Å²) in [5, 5.41) is 0.799. The fourth-order valence-corrected chi connectivity index (χ4v) is 1.82. The van der Waals surface area contributed by atoms with Gasteiger partial charge in [-0.15, -0.1) is 0 Å². The summed E-state index contributed by atoms with van der Waals surface area (Å²) in [7, 11) is 0. The molecule has 0 N–H and O–H groups in total. The van der Waals surface area contributed by atoms with Crippen LogP contribution in [0, 0.1) is 0 Å². The average molecular weight is 215 g/mol. The highest BCUT2D eigenvalue weighted by molar-refractivity contribution is 9.10. The molecule has 1 saturated heterocycles. The van der Waals surface area contributed by atoms with Crippen molar-refractivity contribution in [3.63, 3.8) is 0 Å². The van der Waals surface area contributed by atoms with Crippen LogP contribution in [-0.2, 0) is 0 Å². The maximum absolute atomic E-state index is 3.41. The van der Waals surface area contributed by atoms with E-state index >= 15 is 0 Å². The fourth-order valence-electron chi connectivity index (χ4n) is 0.918. The average Bonchev–Trinajstić information content (AvgIpc) is 2.71. The van der Waals surface area contributed by atoms with Gasteiger partial charge in [-0.2, -0.15) is 11.8 Å².